The van der Waals surface area contributed by atoms with Gasteiger partial charge in [-0.15, -0.1) is 0 Å². The first-order chi connectivity index (χ1) is 13.4. The van der Waals surface area contributed by atoms with Gasteiger partial charge in [-0.05, 0) is 52.2 Å². The summed E-state index contributed by atoms with van der Waals surface area (Å²) in [6.45, 7) is 7.34. The third-order valence-electron chi connectivity index (χ3n) is 5.69. The summed E-state index contributed by atoms with van der Waals surface area (Å²) in [5.74, 6) is -0.809. The molecular weight excluding hydrogens is 415 g/mol. The van der Waals surface area contributed by atoms with Gasteiger partial charge in [-0.2, -0.15) is 5.10 Å². The van der Waals surface area contributed by atoms with E-state index in [1.807, 2.05) is 11.6 Å². The number of nitrogens with two attached hydrogens (primary N) is 1. The van der Waals surface area contributed by atoms with E-state index in [-0.39, 0.29) is 17.2 Å². The number of hydrogen-bond donors (Lipinski definition) is 1. The van der Waals surface area contributed by atoms with Crippen LogP contribution in [0.2, 0.25) is 5.02 Å². The van der Waals surface area contributed by atoms with Gasteiger partial charge in [0, 0.05) is 12.1 Å². The van der Waals surface area contributed by atoms with Crippen LogP contribution in [-0.4, -0.2) is 34.5 Å². The van der Waals surface area contributed by atoms with Crippen molar-refractivity contribution in [3.8, 4) is 0 Å². The van der Waals surface area contributed by atoms with Crippen LogP contribution in [0.15, 0.2) is 29.4 Å². The fourth-order valence-corrected chi connectivity index (χ4v) is 5.51. The van der Waals surface area contributed by atoms with Crippen molar-refractivity contribution < 1.29 is 12.8 Å². The lowest BCUT2D eigenvalue weighted by molar-refractivity contribution is 0.475. The van der Waals surface area contributed by atoms with Gasteiger partial charge >= 0.3 is 0 Å². The van der Waals surface area contributed by atoms with Gasteiger partial charge in [0.2, 0.25) is 0 Å². The van der Waals surface area contributed by atoms with E-state index < -0.39 is 25.9 Å². The summed E-state index contributed by atoms with van der Waals surface area (Å²) in [7, 11) is -3.61. The van der Waals surface area contributed by atoms with Gasteiger partial charge in [0.05, 0.1) is 22.7 Å². The smallest absolute Gasteiger partial charge is 0.165 e. The molecule has 0 unspecified atom stereocenters. The minimum Gasteiger partial charge on any atom is -0.386 e. The number of amidine groups is 1. The third kappa shape index (κ3) is 3.80. The Kier molecular flexibility index (Phi) is 5.55. The van der Waals surface area contributed by atoms with Crippen molar-refractivity contribution in [2.24, 2.45) is 10.7 Å². The summed E-state index contributed by atoms with van der Waals surface area (Å²) in [6.07, 6.45) is 2.85. The van der Waals surface area contributed by atoms with Crippen LogP contribution in [0.25, 0.3) is 0 Å². The molecule has 2 heterocycles. The van der Waals surface area contributed by atoms with Crippen molar-refractivity contribution in [1.82, 2.24) is 9.78 Å². The van der Waals surface area contributed by atoms with Crippen molar-refractivity contribution >= 4 is 27.3 Å². The molecule has 1 aromatic carbocycles. The van der Waals surface area contributed by atoms with Crippen molar-refractivity contribution in [3.05, 3.63) is 52.1 Å². The number of rotatable bonds is 5. The minimum absolute atomic E-state index is 0.00492. The molecule has 1 aliphatic rings. The molecule has 0 fully saturated rings. The summed E-state index contributed by atoms with van der Waals surface area (Å²) in [6, 6.07) is 4.73. The van der Waals surface area contributed by atoms with Crippen LogP contribution in [0.3, 0.4) is 0 Å². The molecule has 158 valence electrons. The molecule has 0 aliphatic carbocycles. The predicted octanol–water partition coefficient (Wildman–Crippen LogP) is 3.26. The van der Waals surface area contributed by atoms with E-state index in [0.29, 0.717) is 24.4 Å². The number of aromatic nitrogens is 2. The average molecular weight is 441 g/mol. The van der Waals surface area contributed by atoms with Gasteiger partial charge in [0.1, 0.15) is 21.9 Å². The summed E-state index contributed by atoms with van der Waals surface area (Å²) in [5.41, 5.74) is 6.71. The average Bonchev–Trinajstić information content (AvgIpc) is 2.99. The van der Waals surface area contributed by atoms with Crippen LogP contribution in [0.4, 0.5) is 4.39 Å². The predicted molar refractivity (Wildman–Crippen MR) is 114 cm³/mol. The number of sulfone groups is 1. The van der Waals surface area contributed by atoms with Gasteiger partial charge in [-0.25, -0.2) is 12.8 Å². The Morgan fingerprint density at radius 3 is 2.59 bits per heavy atom. The highest BCUT2D eigenvalue weighted by atomic mass is 35.5. The second-order valence-electron chi connectivity index (χ2n) is 8.11. The Balaban J connectivity index is 1.96. The lowest BCUT2D eigenvalue weighted by Gasteiger charge is -2.38. The minimum atomic E-state index is -3.61. The maximum absolute atomic E-state index is 14.7. The van der Waals surface area contributed by atoms with Crippen molar-refractivity contribution in [2.75, 3.05) is 5.75 Å². The Bertz CT molecular complexity index is 1080. The van der Waals surface area contributed by atoms with E-state index in [9.17, 15) is 12.8 Å². The Labute approximate surface area is 175 Å². The first-order valence-corrected chi connectivity index (χ1v) is 11.5. The van der Waals surface area contributed by atoms with E-state index in [1.165, 1.54) is 19.9 Å². The summed E-state index contributed by atoms with van der Waals surface area (Å²) < 4.78 is 40.8. The van der Waals surface area contributed by atoms with Crippen molar-refractivity contribution in [1.29, 1.82) is 0 Å². The van der Waals surface area contributed by atoms with Gasteiger partial charge in [-0.1, -0.05) is 23.7 Å². The molecule has 1 atom stereocenters. The van der Waals surface area contributed by atoms with Crippen LogP contribution < -0.4 is 5.73 Å². The fourth-order valence-electron chi connectivity index (χ4n) is 3.59. The quantitative estimate of drug-likeness (QED) is 0.772. The highest BCUT2D eigenvalue weighted by Gasteiger charge is 2.49. The summed E-state index contributed by atoms with van der Waals surface area (Å²) in [4.78, 5) is 4.43. The highest BCUT2D eigenvalue weighted by molar-refractivity contribution is 7.93. The number of halogens is 2. The molecule has 2 N–H and O–H groups in total. The van der Waals surface area contributed by atoms with E-state index in [0.717, 1.165) is 11.3 Å². The van der Waals surface area contributed by atoms with Crippen molar-refractivity contribution in [2.45, 2.75) is 57.4 Å². The molecule has 0 amide bonds. The Morgan fingerprint density at radius 2 is 1.97 bits per heavy atom. The number of nitrogens with zero attached hydrogens (tertiary/aromatic N) is 3. The number of aliphatic imine (C=N–C) groups is 1. The zero-order valence-electron chi connectivity index (χ0n) is 17.0. The SMILES string of the molecule is CCn1ncc(Cl)c1CCc1ccc(F)c([C@]2(C)CS(=O)(=O)C(C)(C)C(N)=N2)c1. The zero-order chi connectivity index (χ0) is 21.6. The van der Waals surface area contributed by atoms with Crippen LogP contribution in [0, 0.1) is 5.82 Å². The fraction of sp³-hybridized carbons (Fsp3) is 0.500. The molecule has 3 rings (SSSR count). The van der Waals surface area contributed by atoms with Crippen LogP contribution in [0.1, 0.15) is 44.5 Å². The maximum atomic E-state index is 14.7. The monoisotopic (exact) mass is 440 g/mol. The molecule has 0 saturated heterocycles. The first kappa shape index (κ1) is 21.8. The van der Waals surface area contributed by atoms with E-state index >= 15 is 0 Å². The van der Waals surface area contributed by atoms with Crippen LogP contribution >= 0.6 is 11.6 Å². The summed E-state index contributed by atoms with van der Waals surface area (Å²) >= 11 is 6.22. The Morgan fingerprint density at radius 1 is 1.28 bits per heavy atom. The number of hydrogen-bond acceptors (Lipinski definition) is 5. The van der Waals surface area contributed by atoms with Gasteiger partial charge < -0.3 is 5.73 Å². The maximum Gasteiger partial charge on any atom is 0.165 e. The number of aryl methyl sites for hydroxylation is 2. The van der Waals surface area contributed by atoms with Gasteiger partial charge in [0.25, 0.3) is 0 Å². The number of benzene rings is 1. The second kappa shape index (κ2) is 7.40. The lowest BCUT2D eigenvalue weighted by atomic mass is 9.91. The van der Waals surface area contributed by atoms with Crippen LogP contribution in [-0.2, 0) is 34.8 Å². The molecule has 1 aromatic heterocycles. The molecular formula is C20H26ClFN4O2S. The van der Waals surface area contributed by atoms with Crippen LogP contribution in [0.5, 0.6) is 0 Å². The zero-order valence-corrected chi connectivity index (χ0v) is 18.6. The van der Waals surface area contributed by atoms with Crippen molar-refractivity contribution in [3.63, 3.8) is 0 Å². The second-order valence-corrected chi connectivity index (χ2v) is 11.1. The molecule has 0 saturated carbocycles. The standard InChI is InChI=1S/C20H26ClFN4O2S/c1-5-26-17(15(21)11-24-26)9-7-13-6-8-16(22)14(10-13)20(4)12-29(27,28)19(2,3)18(23)25-20/h6,8,10-11H,5,7,9,12H2,1-4H3,(H2,23,25)/t20-/m0/s1. The van der Waals surface area contributed by atoms with E-state index in [1.54, 1.807) is 25.3 Å². The summed E-state index contributed by atoms with van der Waals surface area (Å²) in [5, 5.41) is 4.82. The molecule has 6 nitrogen and oxygen atoms in total. The van der Waals surface area contributed by atoms with Gasteiger partial charge in [-0.3, -0.25) is 9.67 Å². The molecule has 29 heavy (non-hydrogen) atoms. The Hall–Kier alpha value is -1.93. The largest absolute Gasteiger partial charge is 0.386 e. The topological polar surface area (TPSA) is 90.3 Å². The molecule has 2 aromatic rings. The highest BCUT2D eigenvalue weighted by Crippen LogP contribution is 2.38. The van der Waals surface area contributed by atoms with E-state index in [4.69, 9.17) is 17.3 Å². The molecule has 1 aliphatic heterocycles. The third-order valence-corrected chi connectivity index (χ3v) is 8.71. The van der Waals surface area contributed by atoms with E-state index in [2.05, 4.69) is 10.1 Å². The molecule has 0 radical (unpaired) electrons. The van der Waals surface area contributed by atoms with Gasteiger partial charge in [0.15, 0.2) is 9.84 Å². The molecule has 9 heteroatoms. The first-order valence-electron chi connectivity index (χ1n) is 9.48. The lowest BCUT2D eigenvalue weighted by Crippen LogP contribution is -2.55. The normalized spacial score (nSPS) is 23.0. The molecule has 0 spiro atoms. The molecule has 0 bridgehead atoms.